The fourth-order valence-electron chi connectivity index (χ4n) is 5.00. The summed E-state index contributed by atoms with van der Waals surface area (Å²) < 4.78 is 11.1. The van der Waals surface area contributed by atoms with Crippen molar-refractivity contribution < 1.29 is 24.2 Å². The van der Waals surface area contributed by atoms with Gasteiger partial charge in [-0.15, -0.1) is 0 Å². The summed E-state index contributed by atoms with van der Waals surface area (Å²) >= 11 is 0. The molecule has 1 N–H and O–H groups in total. The van der Waals surface area contributed by atoms with E-state index in [9.17, 15) is 14.7 Å². The third-order valence-electron chi connectivity index (χ3n) is 7.24. The lowest BCUT2D eigenvalue weighted by Gasteiger charge is -2.26. The summed E-state index contributed by atoms with van der Waals surface area (Å²) in [5.41, 5.74) is 4.28. The zero-order chi connectivity index (χ0) is 29.2. The second-order valence-electron chi connectivity index (χ2n) is 11.6. The predicted molar refractivity (Wildman–Crippen MR) is 158 cm³/mol. The van der Waals surface area contributed by atoms with Crippen LogP contribution in [-0.2, 0) is 21.4 Å². The van der Waals surface area contributed by atoms with Gasteiger partial charge in [-0.3, -0.25) is 9.59 Å². The summed E-state index contributed by atoms with van der Waals surface area (Å²) in [6.45, 7) is 12.5. The predicted octanol–water partition coefficient (Wildman–Crippen LogP) is 6.75. The maximum Gasteiger partial charge on any atom is 0.295 e. The van der Waals surface area contributed by atoms with E-state index >= 15 is 0 Å². The molecule has 6 nitrogen and oxygen atoms in total. The minimum atomic E-state index is -0.709. The minimum Gasteiger partial charge on any atom is -0.507 e. The first-order valence-corrected chi connectivity index (χ1v) is 13.7. The zero-order valence-electron chi connectivity index (χ0n) is 24.4. The molecule has 1 atom stereocenters. The fraction of sp³-hybridized carbons (Fsp3) is 0.353. The van der Waals surface area contributed by atoms with E-state index in [1.54, 1.807) is 30.2 Å². The number of carbonyl (C=O) groups excluding carboxylic acids is 2. The van der Waals surface area contributed by atoms with Gasteiger partial charge >= 0.3 is 0 Å². The molecule has 1 aliphatic rings. The monoisotopic (exact) mass is 541 g/mol. The topological polar surface area (TPSA) is 76.1 Å². The molecule has 0 radical (unpaired) electrons. The average Bonchev–Trinajstić information content (AvgIpc) is 3.17. The third-order valence-corrected chi connectivity index (χ3v) is 7.24. The third kappa shape index (κ3) is 6.06. The van der Waals surface area contributed by atoms with Gasteiger partial charge in [-0.2, -0.15) is 0 Å². The van der Waals surface area contributed by atoms with Gasteiger partial charge in [0.2, 0.25) is 0 Å². The zero-order valence-corrected chi connectivity index (χ0v) is 24.4. The maximum atomic E-state index is 13.5. The molecule has 1 unspecified atom stereocenters. The van der Waals surface area contributed by atoms with Gasteiger partial charge in [0.25, 0.3) is 11.7 Å². The van der Waals surface area contributed by atoms with Gasteiger partial charge in [0.1, 0.15) is 17.3 Å². The molecule has 0 bridgehead atoms. The number of aliphatic hydroxyl groups excluding tert-OH is 1. The van der Waals surface area contributed by atoms with Crippen LogP contribution in [0.5, 0.6) is 11.5 Å². The number of carbonyl (C=O) groups is 2. The smallest absolute Gasteiger partial charge is 0.295 e. The Balaban J connectivity index is 1.76. The number of methoxy groups -OCH3 is 1. The highest BCUT2D eigenvalue weighted by Crippen LogP contribution is 2.40. The average molecular weight is 542 g/mol. The molecule has 0 saturated carbocycles. The van der Waals surface area contributed by atoms with Gasteiger partial charge in [-0.25, -0.2) is 0 Å². The van der Waals surface area contributed by atoms with Crippen molar-refractivity contribution >= 4 is 17.4 Å². The normalized spacial score (nSPS) is 17.0. The Hall–Kier alpha value is -4.06. The minimum absolute atomic E-state index is 0.00485. The van der Waals surface area contributed by atoms with E-state index in [-0.39, 0.29) is 22.9 Å². The SMILES string of the molecule is COc1ccc(CCN2C(=O)C(=O)/C(=C(\O)c3ccc(OC(C)C)c(C)c3)C2c2ccc(C(C)(C)C)cc2)cc1. The van der Waals surface area contributed by atoms with Crippen LogP contribution >= 0.6 is 0 Å². The Morgan fingerprint density at radius 3 is 2.17 bits per heavy atom. The second kappa shape index (κ2) is 11.6. The Labute approximate surface area is 237 Å². The molecule has 1 saturated heterocycles. The first kappa shape index (κ1) is 28.9. The summed E-state index contributed by atoms with van der Waals surface area (Å²) in [7, 11) is 1.62. The largest absolute Gasteiger partial charge is 0.507 e. The highest BCUT2D eigenvalue weighted by Gasteiger charge is 2.46. The second-order valence-corrected chi connectivity index (χ2v) is 11.6. The summed E-state index contributed by atoms with van der Waals surface area (Å²) in [6, 6.07) is 20.2. The molecule has 0 aromatic heterocycles. The van der Waals surface area contributed by atoms with Crippen molar-refractivity contribution in [1.29, 1.82) is 0 Å². The van der Waals surface area contributed by atoms with Crippen molar-refractivity contribution in [3.8, 4) is 11.5 Å². The summed E-state index contributed by atoms with van der Waals surface area (Å²) in [5.74, 6) is -0.0211. The van der Waals surface area contributed by atoms with Crippen LogP contribution < -0.4 is 9.47 Å². The van der Waals surface area contributed by atoms with Crippen LogP contribution in [0.1, 0.15) is 68.5 Å². The molecular formula is C34H39NO5. The number of hydrogen-bond donors (Lipinski definition) is 1. The number of benzene rings is 3. The molecule has 0 aliphatic carbocycles. The molecule has 1 amide bonds. The number of ether oxygens (including phenoxy) is 2. The standard InChI is InChI=1S/C34H39NO5/c1-21(2)40-28-17-12-25(20-22(28)3)31(36)29-30(24-10-13-26(14-11-24)34(4,5)6)35(33(38)32(29)37)19-18-23-8-15-27(39-7)16-9-23/h8-17,20-21,30,36H,18-19H2,1-7H3/b31-29-. The number of amides is 1. The number of likely N-dealkylation sites (tertiary alicyclic amines) is 1. The van der Waals surface area contributed by atoms with Gasteiger partial charge in [0, 0.05) is 12.1 Å². The van der Waals surface area contributed by atoms with Gasteiger partial charge in [-0.1, -0.05) is 57.2 Å². The van der Waals surface area contributed by atoms with Crippen LogP contribution in [0, 0.1) is 6.92 Å². The van der Waals surface area contributed by atoms with Crippen LogP contribution in [-0.4, -0.2) is 41.5 Å². The van der Waals surface area contributed by atoms with Crippen molar-refractivity contribution in [2.75, 3.05) is 13.7 Å². The number of aliphatic hydroxyl groups is 1. The van der Waals surface area contributed by atoms with E-state index in [4.69, 9.17) is 9.47 Å². The quantitative estimate of drug-likeness (QED) is 0.194. The molecule has 1 aliphatic heterocycles. The molecule has 3 aromatic rings. The molecular weight excluding hydrogens is 502 g/mol. The van der Waals surface area contributed by atoms with E-state index in [1.165, 1.54) is 0 Å². The molecule has 1 heterocycles. The Bertz CT molecular complexity index is 1410. The van der Waals surface area contributed by atoms with Gasteiger partial charge in [0.15, 0.2) is 0 Å². The number of hydrogen-bond acceptors (Lipinski definition) is 5. The van der Waals surface area contributed by atoms with Crippen LogP contribution in [0.15, 0.2) is 72.3 Å². The lowest BCUT2D eigenvalue weighted by Crippen LogP contribution is -2.31. The first-order chi connectivity index (χ1) is 18.9. The summed E-state index contributed by atoms with van der Waals surface area (Å²) in [4.78, 5) is 28.5. The van der Waals surface area contributed by atoms with Crippen LogP contribution in [0.4, 0.5) is 0 Å². The number of nitrogens with zero attached hydrogens (tertiary/aromatic N) is 1. The van der Waals surface area contributed by atoms with Crippen LogP contribution in [0.25, 0.3) is 5.76 Å². The van der Waals surface area contributed by atoms with Gasteiger partial charge in [0.05, 0.1) is 24.8 Å². The summed E-state index contributed by atoms with van der Waals surface area (Å²) in [6.07, 6.45) is 0.554. The molecule has 3 aromatic carbocycles. The summed E-state index contributed by atoms with van der Waals surface area (Å²) in [5, 5.41) is 11.5. The Kier molecular flexibility index (Phi) is 8.38. The van der Waals surface area contributed by atoms with Crippen molar-refractivity contribution in [3.05, 3.63) is 100 Å². The van der Waals surface area contributed by atoms with Crippen molar-refractivity contribution in [2.24, 2.45) is 0 Å². The lowest BCUT2D eigenvalue weighted by atomic mass is 9.85. The van der Waals surface area contributed by atoms with E-state index in [0.717, 1.165) is 28.0 Å². The molecule has 6 heteroatoms. The van der Waals surface area contributed by atoms with E-state index in [1.807, 2.05) is 69.3 Å². The number of rotatable bonds is 8. The number of aryl methyl sites for hydroxylation is 1. The van der Waals surface area contributed by atoms with Gasteiger partial charge < -0.3 is 19.5 Å². The van der Waals surface area contributed by atoms with Crippen LogP contribution in [0.3, 0.4) is 0 Å². The van der Waals surface area contributed by atoms with Gasteiger partial charge in [-0.05, 0) is 85.2 Å². The van der Waals surface area contributed by atoms with Crippen molar-refractivity contribution in [2.45, 2.75) is 65.5 Å². The van der Waals surface area contributed by atoms with E-state index < -0.39 is 17.7 Å². The maximum absolute atomic E-state index is 13.5. The van der Waals surface area contributed by atoms with Crippen molar-refractivity contribution in [3.63, 3.8) is 0 Å². The highest BCUT2D eigenvalue weighted by molar-refractivity contribution is 6.46. The Morgan fingerprint density at radius 1 is 0.975 bits per heavy atom. The molecule has 210 valence electrons. The molecule has 1 fully saturated rings. The van der Waals surface area contributed by atoms with E-state index in [2.05, 4.69) is 20.8 Å². The number of Topliss-reactive ketones (excluding diaryl/α,β-unsaturated/α-hetero) is 1. The number of ketones is 1. The lowest BCUT2D eigenvalue weighted by molar-refractivity contribution is -0.139. The first-order valence-electron chi connectivity index (χ1n) is 13.7. The molecule has 0 spiro atoms. The van der Waals surface area contributed by atoms with E-state index in [0.29, 0.717) is 24.3 Å². The fourth-order valence-corrected chi connectivity index (χ4v) is 5.00. The van der Waals surface area contributed by atoms with Crippen LogP contribution in [0.2, 0.25) is 0 Å². The highest BCUT2D eigenvalue weighted by atomic mass is 16.5. The molecule has 40 heavy (non-hydrogen) atoms. The van der Waals surface area contributed by atoms with Crippen molar-refractivity contribution in [1.82, 2.24) is 4.90 Å². The molecule has 4 rings (SSSR count). The Morgan fingerprint density at radius 2 is 1.62 bits per heavy atom.